The first kappa shape index (κ1) is 51.3. The van der Waals surface area contributed by atoms with Crippen molar-refractivity contribution in [2.45, 2.75) is 187 Å². The van der Waals surface area contributed by atoms with Crippen molar-refractivity contribution in [1.29, 1.82) is 0 Å². The molecule has 0 heterocycles. The predicted molar refractivity (Wildman–Crippen MR) is 222 cm³/mol. The lowest BCUT2D eigenvalue weighted by Crippen LogP contribution is -2.55. The summed E-state index contributed by atoms with van der Waals surface area (Å²) in [5, 5.41) is 11.6. The van der Waals surface area contributed by atoms with Gasteiger partial charge in [-0.1, -0.05) is 146 Å². The van der Waals surface area contributed by atoms with Crippen LogP contribution in [0.5, 0.6) is 0 Å². The smallest absolute Gasteiger partial charge is 0.306 e. The van der Waals surface area contributed by atoms with Gasteiger partial charge in [0, 0.05) is 19.3 Å². The molecule has 0 spiro atoms. The van der Waals surface area contributed by atoms with Crippen molar-refractivity contribution in [2.24, 2.45) is 0 Å². The van der Waals surface area contributed by atoms with Crippen molar-refractivity contribution in [3.05, 3.63) is 48.6 Å². The molecule has 2 unspecified atom stereocenters. The van der Waals surface area contributed by atoms with Gasteiger partial charge in [-0.3, -0.25) is 9.59 Å². The van der Waals surface area contributed by atoms with E-state index < -0.39 is 18.1 Å². The maximum absolute atomic E-state index is 12.7. The summed E-state index contributed by atoms with van der Waals surface area (Å²) in [6.45, 7) is 4.49. The Morgan fingerprint density at radius 3 is 1.57 bits per heavy atom. The molecule has 0 N–H and O–H groups in total. The van der Waals surface area contributed by atoms with E-state index >= 15 is 0 Å². The van der Waals surface area contributed by atoms with E-state index in [1.165, 1.54) is 77.0 Å². The van der Waals surface area contributed by atoms with Crippen LogP contribution in [-0.4, -0.2) is 75.5 Å². The highest BCUT2D eigenvalue weighted by Crippen LogP contribution is 2.14. The van der Waals surface area contributed by atoms with E-state index in [0.29, 0.717) is 12.8 Å². The van der Waals surface area contributed by atoms with Crippen LogP contribution >= 0.6 is 0 Å². The van der Waals surface area contributed by atoms with E-state index in [2.05, 4.69) is 56.4 Å². The highest BCUT2D eigenvalue weighted by molar-refractivity contribution is 5.70. The van der Waals surface area contributed by atoms with Crippen molar-refractivity contribution in [2.75, 3.05) is 41.0 Å². The summed E-state index contributed by atoms with van der Waals surface area (Å²) in [6, 6.07) is -0.730. The zero-order chi connectivity index (χ0) is 40.0. The summed E-state index contributed by atoms with van der Waals surface area (Å²) in [5.74, 6) is -1.77. The molecule has 0 amide bonds. The first-order valence-electron chi connectivity index (χ1n) is 21.7. The van der Waals surface area contributed by atoms with Gasteiger partial charge < -0.3 is 28.6 Å². The molecule has 0 aliphatic heterocycles. The van der Waals surface area contributed by atoms with Crippen molar-refractivity contribution in [1.82, 2.24) is 0 Å². The summed E-state index contributed by atoms with van der Waals surface area (Å²) in [7, 11) is 5.39. The summed E-state index contributed by atoms with van der Waals surface area (Å²) in [6.07, 6.45) is 42.7. The van der Waals surface area contributed by atoms with Gasteiger partial charge in [-0.15, -0.1) is 0 Å². The third kappa shape index (κ3) is 35.0. The molecule has 2 atom stereocenters. The molecule has 0 fully saturated rings. The molecular formula is C46H81NO7. The van der Waals surface area contributed by atoms with Crippen molar-refractivity contribution in [3.8, 4) is 0 Å². The van der Waals surface area contributed by atoms with Crippen LogP contribution in [0.1, 0.15) is 174 Å². The maximum Gasteiger partial charge on any atom is 0.306 e. The van der Waals surface area contributed by atoms with Gasteiger partial charge in [0.05, 0.1) is 40.3 Å². The van der Waals surface area contributed by atoms with E-state index in [-0.39, 0.29) is 42.7 Å². The van der Waals surface area contributed by atoms with Gasteiger partial charge in [0.25, 0.3) is 0 Å². The zero-order valence-electron chi connectivity index (χ0n) is 35.4. The minimum atomic E-state index is -1.13. The molecule has 0 aliphatic carbocycles. The SMILES string of the molecule is CC/C=C/C=C/C=C/CCCCCCCC(=O)OCC(COCCC(C(=O)[O-])[N+](C)(C)C)OC(=O)CCCCCCCCC/C=C/CCCCCCCC. The number of likely N-dealkylation sites (N-methyl/N-ethyl adjacent to an activating group) is 1. The Morgan fingerprint density at radius 2 is 1.06 bits per heavy atom. The number of aliphatic carboxylic acids is 1. The molecule has 0 bridgehead atoms. The number of hydrogen-bond acceptors (Lipinski definition) is 7. The standard InChI is InChI=1S/C46H81NO7/c1-6-8-10-12-14-16-18-20-21-22-23-25-27-29-31-33-35-37-45(49)54-42(40-52-39-38-43(46(50)51)47(3,4)5)41-53-44(48)36-34-32-30-28-26-24-19-17-15-13-11-9-7-2/h9,11,13,15,17,19-21,42-43H,6-8,10,12,14,16,18,22-41H2,1-5H3/b11-9+,15-13+,19-17+,21-20+. The Labute approximate surface area is 331 Å². The maximum atomic E-state index is 12.7. The Balaban J connectivity index is 4.38. The van der Waals surface area contributed by atoms with E-state index in [1.54, 1.807) is 21.1 Å². The van der Waals surface area contributed by atoms with Gasteiger partial charge in [-0.25, -0.2) is 0 Å². The molecule has 0 rings (SSSR count). The number of allylic oxidation sites excluding steroid dienone is 8. The van der Waals surface area contributed by atoms with Gasteiger partial charge in [-0.05, 0) is 57.8 Å². The molecule has 0 aromatic carbocycles. The summed E-state index contributed by atoms with van der Waals surface area (Å²) < 4.78 is 17.1. The molecule has 0 aliphatic rings. The van der Waals surface area contributed by atoms with Gasteiger partial charge in [-0.2, -0.15) is 0 Å². The molecule has 8 nitrogen and oxygen atoms in total. The van der Waals surface area contributed by atoms with Crippen LogP contribution in [0.25, 0.3) is 0 Å². The van der Waals surface area contributed by atoms with Crippen molar-refractivity contribution < 1.29 is 38.2 Å². The van der Waals surface area contributed by atoms with E-state index in [4.69, 9.17) is 14.2 Å². The molecule has 0 aromatic heterocycles. The largest absolute Gasteiger partial charge is 0.544 e. The third-order valence-electron chi connectivity index (χ3n) is 9.51. The number of carboxylic acids is 1. The van der Waals surface area contributed by atoms with E-state index in [0.717, 1.165) is 64.2 Å². The average molecular weight is 760 g/mol. The molecule has 8 heteroatoms. The number of carbonyl (C=O) groups is 3. The molecule has 54 heavy (non-hydrogen) atoms. The zero-order valence-corrected chi connectivity index (χ0v) is 35.4. The van der Waals surface area contributed by atoms with Crippen LogP contribution in [0.2, 0.25) is 0 Å². The predicted octanol–water partition coefficient (Wildman–Crippen LogP) is 10.3. The fourth-order valence-corrected chi connectivity index (χ4v) is 6.12. The second-order valence-corrected chi connectivity index (χ2v) is 15.6. The number of carboxylic acid groups (broad SMARTS) is 1. The van der Waals surface area contributed by atoms with Crippen LogP contribution in [0.15, 0.2) is 48.6 Å². The molecule has 312 valence electrons. The van der Waals surface area contributed by atoms with Crippen molar-refractivity contribution in [3.63, 3.8) is 0 Å². The third-order valence-corrected chi connectivity index (χ3v) is 9.51. The molecule has 0 saturated heterocycles. The number of quaternary nitrogens is 1. The van der Waals surface area contributed by atoms with Crippen LogP contribution < -0.4 is 5.11 Å². The lowest BCUT2D eigenvalue weighted by atomic mass is 10.1. The van der Waals surface area contributed by atoms with Gasteiger partial charge in [0.2, 0.25) is 0 Å². The molecule has 0 radical (unpaired) electrons. The fourth-order valence-electron chi connectivity index (χ4n) is 6.12. The second-order valence-electron chi connectivity index (χ2n) is 15.6. The number of ether oxygens (including phenoxy) is 3. The number of unbranched alkanes of at least 4 members (excludes halogenated alkanes) is 18. The average Bonchev–Trinajstić information content (AvgIpc) is 3.12. The van der Waals surface area contributed by atoms with E-state index in [9.17, 15) is 19.5 Å². The highest BCUT2D eigenvalue weighted by atomic mass is 16.6. The Hall–Kier alpha value is -2.71. The van der Waals surface area contributed by atoms with Gasteiger partial charge in [0.15, 0.2) is 6.10 Å². The van der Waals surface area contributed by atoms with Crippen LogP contribution in [-0.2, 0) is 28.6 Å². The van der Waals surface area contributed by atoms with E-state index in [1.807, 2.05) is 6.08 Å². The quantitative estimate of drug-likeness (QED) is 0.0203. The highest BCUT2D eigenvalue weighted by Gasteiger charge is 2.25. The lowest BCUT2D eigenvalue weighted by molar-refractivity contribution is -0.889. The molecular weight excluding hydrogens is 679 g/mol. The summed E-state index contributed by atoms with van der Waals surface area (Å²) >= 11 is 0. The number of rotatable bonds is 38. The number of esters is 2. The first-order valence-corrected chi connectivity index (χ1v) is 21.7. The minimum absolute atomic E-state index is 0.0316. The normalized spacial score (nSPS) is 13.4. The number of carbonyl (C=O) groups excluding carboxylic acids is 3. The van der Waals surface area contributed by atoms with Crippen molar-refractivity contribution >= 4 is 17.9 Å². The second kappa shape index (κ2) is 37.2. The monoisotopic (exact) mass is 760 g/mol. The number of hydrogen-bond donors (Lipinski definition) is 0. The van der Waals surface area contributed by atoms with Gasteiger partial charge >= 0.3 is 11.9 Å². The van der Waals surface area contributed by atoms with Gasteiger partial charge in [0.1, 0.15) is 12.6 Å². The number of nitrogens with zero attached hydrogens (tertiary/aromatic N) is 1. The summed E-state index contributed by atoms with van der Waals surface area (Å²) in [4.78, 5) is 36.8. The molecule has 0 aromatic rings. The Morgan fingerprint density at radius 1 is 0.574 bits per heavy atom. The molecule has 0 saturated carbocycles. The topological polar surface area (TPSA) is 102 Å². The fraction of sp³-hybridized carbons (Fsp3) is 0.761. The first-order chi connectivity index (χ1) is 26.1. The minimum Gasteiger partial charge on any atom is -0.544 e. The Bertz CT molecular complexity index is 1030. The Kier molecular flexibility index (Phi) is 35.4. The lowest BCUT2D eigenvalue weighted by Gasteiger charge is -2.34. The van der Waals surface area contributed by atoms with Crippen LogP contribution in [0.4, 0.5) is 0 Å². The summed E-state index contributed by atoms with van der Waals surface area (Å²) in [5.41, 5.74) is 0. The van der Waals surface area contributed by atoms with Crippen LogP contribution in [0.3, 0.4) is 0 Å². The van der Waals surface area contributed by atoms with Crippen LogP contribution in [0, 0.1) is 0 Å².